The van der Waals surface area contributed by atoms with E-state index >= 15 is 0 Å². The topological polar surface area (TPSA) is 28.7 Å². The van der Waals surface area contributed by atoms with Crippen molar-refractivity contribution in [1.82, 2.24) is 9.97 Å². The molecule has 0 saturated carbocycles. The monoisotopic (exact) mass is 144 g/mol. The Kier molecular flexibility index (Phi) is 1.93. The first-order valence-corrected chi connectivity index (χ1v) is 3.13. The molecule has 2 heteroatoms. The predicted molar refractivity (Wildman–Crippen MR) is 46.7 cm³/mol. The molecule has 0 saturated heterocycles. The first-order valence-electron chi connectivity index (χ1n) is 3.13. The minimum absolute atomic E-state index is 0.509. The van der Waals surface area contributed by atoms with E-state index in [1.165, 1.54) is 0 Å². The number of imidazole rings is 1. The Balaban J connectivity index is 3.25. The van der Waals surface area contributed by atoms with Gasteiger partial charge in [-0.1, -0.05) is 13.2 Å². The number of aromatic amines is 1. The van der Waals surface area contributed by atoms with Gasteiger partial charge in [0.05, 0.1) is 11.4 Å². The fourth-order valence-electron chi connectivity index (χ4n) is 0.780. The normalized spacial score (nSPS) is 8.64. The molecule has 0 atom stereocenters. The predicted octanol–water partition coefficient (Wildman–Crippen LogP) is 1.68. The van der Waals surface area contributed by atoms with Gasteiger partial charge in [0.15, 0.2) is 5.82 Å². The van der Waals surface area contributed by atoms with Crippen molar-refractivity contribution in [3.05, 3.63) is 30.4 Å². The average Bonchev–Trinajstić information content (AvgIpc) is 2.46. The van der Waals surface area contributed by atoms with Crippen LogP contribution in [0.15, 0.2) is 13.2 Å². The second-order valence-corrected chi connectivity index (χ2v) is 1.94. The Morgan fingerprint density at radius 3 is 2.55 bits per heavy atom. The van der Waals surface area contributed by atoms with Gasteiger partial charge in [0.25, 0.3) is 0 Å². The summed E-state index contributed by atoms with van der Waals surface area (Å²) in [7, 11) is 0. The Hall–Kier alpha value is -1.75. The van der Waals surface area contributed by atoms with E-state index in [9.17, 15) is 0 Å². The number of hydrogen-bond acceptors (Lipinski definition) is 1. The van der Waals surface area contributed by atoms with Crippen LogP contribution in [-0.2, 0) is 0 Å². The average molecular weight is 144 g/mol. The summed E-state index contributed by atoms with van der Waals surface area (Å²) < 4.78 is 0. The number of hydrogen-bond donors (Lipinski definition) is 1. The number of rotatable bonds is 2. The molecule has 2 nitrogen and oxygen atoms in total. The van der Waals surface area contributed by atoms with Crippen LogP contribution in [0.5, 0.6) is 0 Å². The van der Waals surface area contributed by atoms with Gasteiger partial charge in [0.1, 0.15) is 0 Å². The lowest BCUT2D eigenvalue weighted by atomic mass is 10.3. The van der Waals surface area contributed by atoms with E-state index < -0.39 is 0 Å². The quantitative estimate of drug-likeness (QED) is 0.628. The van der Waals surface area contributed by atoms with Crippen LogP contribution in [0.3, 0.4) is 0 Å². The summed E-state index contributed by atoms with van der Waals surface area (Å²) in [6.45, 7) is 7.19. The van der Waals surface area contributed by atoms with E-state index in [1.54, 1.807) is 12.2 Å². The molecule has 0 aliphatic heterocycles. The minimum atomic E-state index is 0.509. The summed E-state index contributed by atoms with van der Waals surface area (Å²) in [6, 6.07) is 0. The Morgan fingerprint density at radius 2 is 2.18 bits per heavy atom. The van der Waals surface area contributed by atoms with E-state index in [0.717, 1.165) is 11.4 Å². The third-order valence-electron chi connectivity index (χ3n) is 1.30. The summed E-state index contributed by atoms with van der Waals surface area (Å²) >= 11 is 0. The molecule has 0 bridgehead atoms. The first-order chi connectivity index (χ1) is 5.31. The molecule has 0 aliphatic carbocycles. The van der Waals surface area contributed by atoms with Gasteiger partial charge in [-0.3, -0.25) is 0 Å². The lowest BCUT2D eigenvalue weighted by Crippen LogP contribution is -1.73. The molecule has 0 spiro atoms. The molecule has 1 rings (SSSR count). The van der Waals surface area contributed by atoms with E-state index in [1.807, 2.05) is 0 Å². The van der Waals surface area contributed by atoms with Crippen LogP contribution in [0.2, 0.25) is 0 Å². The zero-order valence-electron chi connectivity index (χ0n) is 6.09. The highest BCUT2D eigenvalue weighted by Crippen LogP contribution is 2.07. The van der Waals surface area contributed by atoms with Crippen molar-refractivity contribution < 1.29 is 0 Å². The maximum Gasteiger partial charge on any atom is 0.183 e. The molecule has 0 radical (unpaired) electrons. The van der Waals surface area contributed by atoms with Crippen LogP contribution < -0.4 is 0 Å². The molecular weight excluding hydrogens is 136 g/mol. The SMILES string of the molecule is C#Cc1nc(C=C)c(C=C)[nH]1. The highest BCUT2D eigenvalue weighted by atomic mass is 14.9. The van der Waals surface area contributed by atoms with Gasteiger partial charge in [0, 0.05) is 0 Å². The van der Waals surface area contributed by atoms with Crippen molar-refractivity contribution in [2.24, 2.45) is 0 Å². The molecule has 54 valence electrons. The fraction of sp³-hybridized carbons (Fsp3) is 0. The molecular formula is C9H8N2. The van der Waals surface area contributed by atoms with Crippen molar-refractivity contribution in [1.29, 1.82) is 0 Å². The van der Waals surface area contributed by atoms with E-state index in [-0.39, 0.29) is 0 Å². The zero-order valence-corrected chi connectivity index (χ0v) is 6.09. The van der Waals surface area contributed by atoms with E-state index in [0.29, 0.717) is 5.82 Å². The highest BCUT2D eigenvalue weighted by Gasteiger charge is 2.00. The molecule has 1 aromatic heterocycles. The standard InChI is InChI=1S/C9H8N2/c1-4-7-8(5-2)11-9(6-3)10-7/h3-5H,1-2H2,(H,10,11). The summed E-state index contributed by atoms with van der Waals surface area (Å²) in [4.78, 5) is 6.93. The highest BCUT2D eigenvalue weighted by molar-refractivity contribution is 5.58. The summed E-state index contributed by atoms with van der Waals surface area (Å²) in [5, 5.41) is 0. The lowest BCUT2D eigenvalue weighted by molar-refractivity contribution is 1.24. The maximum absolute atomic E-state index is 5.13. The van der Waals surface area contributed by atoms with Gasteiger partial charge in [-0.25, -0.2) is 4.98 Å². The van der Waals surface area contributed by atoms with Crippen molar-refractivity contribution in [2.75, 3.05) is 0 Å². The summed E-state index contributed by atoms with van der Waals surface area (Å²) in [5.41, 5.74) is 1.56. The number of nitrogens with zero attached hydrogens (tertiary/aromatic N) is 1. The molecule has 0 fully saturated rings. The Bertz CT molecular complexity index is 300. The number of aromatic nitrogens is 2. The van der Waals surface area contributed by atoms with E-state index in [4.69, 9.17) is 6.42 Å². The third kappa shape index (κ3) is 1.22. The lowest BCUT2D eigenvalue weighted by Gasteiger charge is -1.83. The van der Waals surface area contributed by atoms with Crippen LogP contribution in [0.4, 0.5) is 0 Å². The van der Waals surface area contributed by atoms with Crippen LogP contribution in [0.1, 0.15) is 17.2 Å². The number of H-pyrrole nitrogens is 1. The van der Waals surface area contributed by atoms with Gasteiger partial charge >= 0.3 is 0 Å². The Morgan fingerprint density at radius 1 is 1.45 bits per heavy atom. The number of nitrogens with one attached hydrogen (secondary N) is 1. The minimum Gasteiger partial charge on any atom is -0.331 e. The molecule has 1 aromatic rings. The maximum atomic E-state index is 5.13. The summed E-state index contributed by atoms with van der Waals surface area (Å²) in [6.07, 6.45) is 8.42. The van der Waals surface area contributed by atoms with Crippen molar-refractivity contribution >= 4 is 12.2 Å². The smallest absolute Gasteiger partial charge is 0.183 e. The molecule has 11 heavy (non-hydrogen) atoms. The molecule has 1 N–H and O–H groups in total. The molecule has 0 unspecified atom stereocenters. The largest absolute Gasteiger partial charge is 0.331 e. The van der Waals surface area contributed by atoms with Gasteiger partial charge in [-0.15, -0.1) is 6.42 Å². The Labute approximate surface area is 65.7 Å². The zero-order chi connectivity index (χ0) is 8.27. The second kappa shape index (κ2) is 2.89. The number of terminal acetylenes is 1. The van der Waals surface area contributed by atoms with Crippen LogP contribution >= 0.6 is 0 Å². The molecule has 0 aromatic carbocycles. The fourth-order valence-corrected chi connectivity index (χ4v) is 0.780. The van der Waals surface area contributed by atoms with E-state index in [2.05, 4.69) is 29.0 Å². The van der Waals surface area contributed by atoms with Gasteiger partial charge in [0.2, 0.25) is 0 Å². The van der Waals surface area contributed by atoms with Gasteiger partial charge in [-0.05, 0) is 18.1 Å². The second-order valence-electron chi connectivity index (χ2n) is 1.94. The van der Waals surface area contributed by atoms with Crippen molar-refractivity contribution in [2.45, 2.75) is 0 Å². The van der Waals surface area contributed by atoms with Crippen LogP contribution in [-0.4, -0.2) is 9.97 Å². The van der Waals surface area contributed by atoms with Gasteiger partial charge in [-0.2, -0.15) is 0 Å². The molecule has 1 heterocycles. The first kappa shape index (κ1) is 7.36. The van der Waals surface area contributed by atoms with Crippen molar-refractivity contribution in [3.8, 4) is 12.3 Å². The molecule has 0 aliphatic rings. The van der Waals surface area contributed by atoms with Crippen LogP contribution in [0, 0.1) is 12.3 Å². The molecule has 0 amide bonds. The van der Waals surface area contributed by atoms with Gasteiger partial charge < -0.3 is 4.98 Å². The van der Waals surface area contributed by atoms with Crippen molar-refractivity contribution in [3.63, 3.8) is 0 Å². The summed E-state index contributed by atoms with van der Waals surface area (Å²) in [5.74, 6) is 2.90. The van der Waals surface area contributed by atoms with Crippen LogP contribution in [0.25, 0.3) is 12.2 Å². The third-order valence-corrected chi connectivity index (χ3v) is 1.30.